The van der Waals surface area contributed by atoms with E-state index in [0.717, 1.165) is 54.9 Å². The van der Waals surface area contributed by atoms with E-state index in [9.17, 15) is 14.9 Å². The molecule has 186 valence electrons. The third-order valence-corrected chi connectivity index (χ3v) is 6.71. The minimum atomic E-state index is -0.387. The zero-order valence-corrected chi connectivity index (χ0v) is 20.7. The van der Waals surface area contributed by atoms with Gasteiger partial charge in [0.05, 0.1) is 18.1 Å². The van der Waals surface area contributed by atoms with Crippen LogP contribution in [0.1, 0.15) is 49.8 Å². The molecular weight excluding hydrogens is 444 g/mol. The summed E-state index contributed by atoms with van der Waals surface area (Å²) >= 11 is 0. The van der Waals surface area contributed by atoms with Gasteiger partial charge >= 0.3 is 0 Å². The van der Waals surface area contributed by atoms with Gasteiger partial charge in [-0.25, -0.2) is 0 Å². The van der Waals surface area contributed by atoms with Gasteiger partial charge in [-0.15, -0.1) is 0 Å². The van der Waals surface area contributed by atoms with Crippen molar-refractivity contribution in [1.82, 2.24) is 15.2 Å². The number of H-pyrrole nitrogens is 1. The van der Waals surface area contributed by atoms with E-state index in [0.29, 0.717) is 6.54 Å². The maximum Gasteiger partial charge on any atom is 0.270 e. The zero-order valence-electron chi connectivity index (χ0n) is 20.7. The third-order valence-electron chi connectivity index (χ3n) is 6.71. The summed E-state index contributed by atoms with van der Waals surface area (Å²) in [5.41, 5.74) is 3.98. The van der Waals surface area contributed by atoms with E-state index in [4.69, 9.17) is 4.74 Å². The van der Waals surface area contributed by atoms with Crippen LogP contribution in [0.15, 0.2) is 48.7 Å². The highest BCUT2D eigenvalue weighted by molar-refractivity contribution is 5.87. The van der Waals surface area contributed by atoms with E-state index in [1.807, 2.05) is 6.20 Å². The number of benzene rings is 2. The largest absolute Gasteiger partial charge is 0.379 e. The monoisotopic (exact) mass is 478 g/mol. The SMILES string of the molecule is CC(C)(C)c1ccc(C(CC(=O)NCCN2CCOCC2)c2c[nH]c3ccc([N+](=O)[O-])cc23)cc1. The first-order chi connectivity index (χ1) is 16.7. The molecule has 0 bridgehead atoms. The van der Waals surface area contributed by atoms with Crippen LogP contribution in [0.25, 0.3) is 10.9 Å². The van der Waals surface area contributed by atoms with E-state index in [1.54, 1.807) is 12.1 Å². The molecule has 8 nitrogen and oxygen atoms in total. The van der Waals surface area contributed by atoms with Crippen LogP contribution < -0.4 is 5.32 Å². The summed E-state index contributed by atoms with van der Waals surface area (Å²) in [5.74, 6) is -0.272. The Kier molecular flexibility index (Phi) is 7.52. The number of nitro groups is 1. The van der Waals surface area contributed by atoms with Crippen LogP contribution >= 0.6 is 0 Å². The van der Waals surface area contributed by atoms with E-state index in [-0.39, 0.29) is 34.3 Å². The normalized spacial score (nSPS) is 15.7. The predicted octanol–water partition coefficient (Wildman–Crippen LogP) is 4.34. The second-order valence-electron chi connectivity index (χ2n) is 10.2. The number of nitrogens with one attached hydrogen (secondary N) is 2. The Morgan fingerprint density at radius 2 is 1.89 bits per heavy atom. The molecule has 1 fully saturated rings. The molecule has 1 saturated heterocycles. The second kappa shape index (κ2) is 10.6. The number of fused-ring (bicyclic) bond motifs is 1. The van der Waals surface area contributed by atoms with Crippen molar-refractivity contribution in [3.8, 4) is 0 Å². The van der Waals surface area contributed by atoms with Gasteiger partial charge < -0.3 is 15.0 Å². The molecule has 35 heavy (non-hydrogen) atoms. The number of hydrogen-bond donors (Lipinski definition) is 2. The number of ether oxygens (including phenoxy) is 1. The molecule has 0 aliphatic carbocycles. The standard InChI is InChI=1S/C27H34N4O4/c1-27(2,3)20-6-4-19(5-7-20)22(17-26(32)28-10-11-30-12-14-35-15-13-30)24-18-29-25-9-8-21(31(33)34)16-23(24)25/h4-9,16,18,22,29H,10-15,17H2,1-3H3,(H,28,32). The van der Waals surface area contributed by atoms with Crippen molar-refractivity contribution in [2.45, 2.75) is 38.5 Å². The number of carbonyl (C=O) groups is 1. The van der Waals surface area contributed by atoms with Crippen molar-refractivity contribution in [2.24, 2.45) is 0 Å². The molecule has 0 spiro atoms. The number of amides is 1. The van der Waals surface area contributed by atoms with Gasteiger partial charge in [-0.05, 0) is 28.2 Å². The highest BCUT2D eigenvalue weighted by Crippen LogP contribution is 2.36. The lowest BCUT2D eigenvalue weighted by molar-refractivity contribution is -0.384. The van der Waals surface area contributed by atoms with Crippen LogP contribution in [0, 0.1) is 10.1 Å². The fraction of sp³-hybridized carbons (Fsp3) is 0.444. The van der Waals surface area contributed by atoms with Crippen molar-refractivity contribution < 1.29 is 14.5 Å². The van der Waals surface area contributed by atoms with E-state index in [2.05, 4.69) is 60.2 Å². The minimum Gasteiger partial charge on any atom is -0.379 e. The molecule has 2 N–H and O–H groups in total. The molecule has 0 saturated carbocycles. The predicted molar refractivity (Wildman–Crippen MR) is 137 cm³/mol. The summed E-state index contributed by atoms with van der Waals surface area (Å²) in [6.07, 6.45) is 2.13. The van der Waals surface area contributed by atoms with Gasteiger partial charge in [-0.3, -0.25) is 19.8 Å². The number of aromatic nitrogens is 1. The fourth-order valence-electron chi connectivity index (χ4n) is 4.59. The third kappa shape index (κ3) is 6.07. The lowest BCUT2D eigenvalue weighted by atomic mass is 9.83. The number of nitro benzene ring substituents is 1. The lowest BCUT2D eigenvalue weighted by Crippen LogP contribution is -2.41. The molecule has 1 atom stereocenters. The van der Waals surface area contributed by atoms with Crippen LogP contribution in [0.2, 0.25) is 0 Å². The molecular formula is C27H34N4O4. The van der Waals surface area contributed by atoms with Crippen molar-refractivity contribution in [3.05, 3.63) is 75.5 Å². The Morgan fingerprint density at radius 1 is 1.17 bits per heavy atom. The summed E-state index contributed by atoms with van der Waals surface area (Å²) in [7, 11) is 0. The molecule has 2 aromatic carbocycles. The molecule has 1 amide bonds. The quantitative estimate of drug-likeness (QED) is 0.370. The second-order valence-corrected chi connectivity index (χ2v) is 10.2. The number of morpholine rings is 1. The Hall–Kier alpha value is -3.23. The summed E-state index contributed by atoms with van der Waals surface area (Å²) in [6, 6.07) is 13.2. The molecule has 0 radical (unpaired) electrons. The molecule has 8 heteroatoms. The maximum absolute atomic E-state index is 13.0. The molecule has 2 heterocycles. The van der Waals surface area contributed by atoms with E-state index in [1.165, 1.54) is 11.6 Å². The smallest absolute Gasteiger partial charge is 0.270 e. The van der Waals surface area contributed by atoms with Gasteiger partial charge in [0.1, 0.15) is 0 Å². The highest BCUT2D eigenvalue weighted by Gasteiger charge is 2.24. The van der Waals surface area contributed by atoms with Crippen LogP contribution in [0.3, 0.4) is 0 Å². The Balaban J connectivity index is 1.59. The first-order valence-corrected chi connectivity index (χ1v) is 12.1. The van der Waals surface area contributed by atoms with Crippen LogP contribution in [-0.2, 0) is 14.9 Å². The Bertz CT molecular complexity index is 1170. The first-order valence-electron chi connectivity index (χ1n) is 12.1. The lowest BCUT2D eigenvalue weighted by Gasteiger charge is -2.26. The van der Waals surface area contributed by atoms with Gasteiger partial charge in [-0.2, -0.15) is 0 Å². The van der Waals surface area contributed by atoms with Gasteiger partial charge in [0.15, 0.2) is 0 Å². The van der Waals surface area contributed by atoms with Gasteiger partial charge in [0, 0.05) is 67.8 Å². The maximum atomic E-state index is 13.0. The molecule has 1 aromatic heterocycles. The van der Waals surface area contributed by atoms with Gasteiger partial charge in [0.25, 0.3) is 5.69 Å². The van der Waals surface area contributed by atoms with Gasteiger partial charge in [-0.1, -0.05) is 45.0 Å². The number of non-ortho nitro benzene ring substituents is 1. The Morgan fingerprint density at radius 3 is 2.54 bits per heavy atom. The number of rotatable bonds is 8. The van der Waals surface area contributed by atoms with Crippen LogP contribution in [-0.4, -0.2) is 60.1 Å². The van der Waals surface area contributed by atoms with Gasteiger partial charge in [0.2, 0.25) is 5.91 Å². The summed E-state index contributed by atoms with van der Waals surface area (Å²) in [4.78, 5) is 29.5. The van der Waals surface area contributed by atoms with Crippen molar-refractivity contribution in [1.29, 1.82) is 0 Å². The fourth-order valence-corrected chi connectivity index (χ4v) is 4.59. The summed E-state index contributed by atoms with van der Waals surface area (Å²) in [6.45, 7) is 11.1. The van der Waals surface area contributed by atoms with Crippen LogP contribution in [0.5, 0.6) is 0 Å². The number of hydrogen-bond acceptors (Lipinski definition) is 5. The number of carbonyl (C=O) groups excluding carboxylic acids is 1. The number of aromatic amines is 1. The summed E-state index contributed by atoms with van der Waals surface area (Å²) < 4.78 is 5.38. The molecule has 1 unspecified atom stereocenters. The minimum absolute atomic E-state index is 0.0201. The first kappa shape index (κ1) is 24.9. The number of nitrogens with zero attached hydrogens (tertiary/aromatic N) is 2. The van der Waals surface area contributed by atoms with E-state index >= 15 is 0 Å². The van der Waals surface area contributed by atoms with Crippen LogP contribution in [0.4, 0.5) is 5.69 Å². The molecule has 1 aliphatic heterocycles. The topological polar surface area (TPSA) is 100 Å². The average molecular weight is 479 g/mol. The Labute approximate surface area is 205 Å². The molecule has 1 aliphatic rings. The average Bonchev–Trinajstić information content (AvgIpc) is 3.26. The highest BCUT2D eigenvalue weighted by atomic mass is 16.6. The zero-order chi connectivity index (χ0) is 25.0. The summed E-state index contributed by atoms with van der Waals surface area (Å²) in [5, 5.41) is 15.2. The van der Waals surface area contributed by atoms with Crippen molar-refractivity contribution in [3.63, 3.8) is 0 Å². The van der Waals surface area contributed by atoms with Crippen molar-refractivity contribution in [2.75, 3.05) is 39.4 Å². The molecule has 3 aromatic rings. The van der Waals surface area contributed by atoms with E-state index < -0.39 is 0 Å². The van der Waals surface area contributed by atoms with Crippen molar-refractivity contribution >= 4 is 22.5 Å². The molecule has 4 rings (SSSR count).